The van der Waals surface area contributed by atoms with Gasteiger partial charge in [0.2, 0.25) is 0 Å². The van der Waals surface area contributed by atoms with Crippen molar-refractivity contribution in [2.45, 2.75) is 19.4 Å². The van der Waals surface area contributed by atoms with Crippen LogP contribution in [0, 0.1) is 6.92 Å². The molecule has 0 saturated heterocycles. The maximum atomic E-state index is 10.6. The average Bonchev–Trinajstić information content (AvgIpc) is 2.32. The molecule has 78 valence electrons. The minimum absolute atomic E-state index is 0.271. The van der Waals surface area contributed by atoms with E-state index < -0.39 is 12.0 Å². The molecule has 1 atom stereocenters. The number of aliphatic carboxylic acids is 1. The fraction of sp³-hybridized carbons (Fsp3) is 0.500. The van der Waals surface area contributed by atoms with Crippen molar-refractivity contribution in [2.75, 3.05) is 0 Å². The first kappa shape index (κ1) is 11.2. The molecule has 0 aromatic carbocycles. The van der Waals surface area contributed by atoms with Crippen molar-refractivity contribution in [3.63, 3.8) is 0 Å². The summed E-state index contributed by atoms with van der Waals surface area (Å²) >= 11 is 3.35. The fourth-order valence-corrected chi connectivity index (χ4v) is 1.70. The van der Waals surface area contributed by atoms with E-state index in [9.17, 15) is 4.79 Å². The van der Waals surface area contributed by atoms with E-state index >= 15 is 0 Å². The smallest absolute Gasteiger partial charge is 0.320 e. The van der Waals surface area contributed by atoms with Crippen LogP contribution in [0.1, 0.15) is 11.4 Å². The summed E-state index contributed by atoms with van der Waals surface area (Å²) in [5.74, 6) is -1.00. The van der Waals surface area contributed by atoms with Crippen LogP contribution in [0.15, 0.2) is 4.47 Å². The van der Waals surface area contributed by atoms with Crippen molar-refractivity contribution in [3.05, 3.63) is 15.9 Å². The number of halogens is 1. The first-order chi connectivity index (χ1) is 6.43. The summed E-state index contributed by atoms with van der Waals surface area (Å²) in [4.78, 5) is 10.6. The Kier molecular flexibility index (Phi) is 3.28. The van der Waals surface area contributed by atoms with Gasteiger partial charge in [-0.1, -0.05) is 0 Å². The summed E-state index contributed by atoms with van der Waals surface area (Å²) < 4.78 is 2.47. The molecule has 5 nitrogen and oxygen atoms in total. The lowest BCUT2D eigenvalue weighted by Crippen LogP contribution is -2.33. The van der Waals surface area contributed by atoms with E-state index in [1.54, 1.807) is 11.7 Å². The predicted octanol–water partition coefficient (Wildman–Crippen LogP) is 0.445. The second kappa shape index (κ2) is 4.10. The van der Waals surface area contributed by atoms with Crippen LogP contribution in [0.5, 0.6) is 0 Å². The van der Waals surface area contributed by atoms with Gasteiger partial charge in [0, 0.05) is 13.5 Å². The van der Waals surface area contributed by atoms with Gasteiger partial charge in [0.05, 0.1) is 15.9 Å². The molecule has 6 heteroatoms. The molecule has 1 heterocycles. The first-order valence-corrected chi connectivity index (χ1v) is 4.89. The number of nitrogens with two attached hydrogens (primary N) is 1. The summed E-state index contributed by atoms with van der Waals surface area (Å²) in [7, 11) is 1.77. The van der Waals surface area contributed by atoms with Crippen LogP contribution in [0.25, 0.3) is 0 Å². The van der Waals surface area contributed by atoms with Gasteiger partial charge in [-0.05, 0) is 22.9 Å². The van der Waals surface area contributed by atoms with E-state index in [4.69, 9.17) is 10.8 Å². The lowest BCUT2D eigenvalue weighted by Gasteiger charge is -2.06. The van der Waals surface area contributed by atoms with Gasteiger partial charge in [-0.25, -0.2) is 0 Å². The third-order valence-electron chi connectivity index (χ3n) is 1.99. The second-order valence-electron chi connectivity index (χ2n) is 3.12. The molecule has 0 amide bonds. The molecule has 1 aromatic heterocycles. The Morgan fingerprint density at radius 3 is 2.71 bits per heavy atom. The first-order valence-electron chi connectivity index (χ1n) is 4.09. The van der Waals surface area contributed by atoms with E-state index in [0.29, 0.717) is 0 Å². The Balaban J connectivity index is 2.91. The topological polar surface area (TPSA) is 81.1 Å². The van der Waals surface area contributed by atoms with Gasteiger partial charge in [-0.15, -0.1) is 0 Å². The normalized spacial score (nSPS) is 12.9. The Morgan fingerprint density at radius 2 is 2.36 bits per heavy atom. The SMILES string of the molecule is Cc1nn(C)c(CC(N)C(=O)O)c1Br. The van der Waals surface area contributed by atoms with Crippen LogP contribution in [-0.4, -0.2) is 26.9 Å². The maximum Gasteiger partial charge on any atom is 0.320 e. The van der Waals surface area contributed by atoms with Crippen molar-refractivity contribution in [1.29, 1.82) is 0 Å². The number of nitrogens with zero attached hydrogens (tertiary/aromatic N) is 2. The zero-order valence-corrected chi connectivity index (χ0v) is 9.58. The molecule has 0 radical (unpaired) electrons. The Hall–Kier alpha value is -0.880. The van der Waals surface area contributed by atoms with E-state index in [-0.39, 0.29) is 6.42 Å². The summed E-state index contributed by atoms with van der Waals surface area (Å²) in [6, 6.07) is -0.888. The van der Waals surface area contributed by atoms with E-state index in [0.717, 1.165) is 15.9 Å². The molecule has 0 aliphatic rings. The molecule has 1 aromatic rings. The number of carboxylic acid groups (broad SMARTS) is 1. The van der Waals surface area contributed by atoms with Crippen molar-refractivity contribution in [1.82, 2.24) is 9.78 Å². The lowest BCUT2D eigenvalue weighted by atomic mass is 10.1. The minimum atomic E-state index is -1.00. The van der Waals surface area contributed by atoms with Gasteiger partial charge < -0.3 is 10.8 Å². The highest BCUT2D eigenvalue weighted by molar-refractivity contribution is 9.10. The fourth-order valence-electron chi connectivity index (χ4n) is 1.20. The third-order valence-corrected chi connectivity index (χ3v) is 3.02. The van der Waals surface area contributed by atoms with Gasteiger partial charge in [-0.2, -0.15) is 5.10 Å². The van der Waals surface area contributed by atoms with Crippen LogP contribution in [0.3, 0.4) is 0 Å². The molecule has 0 bridgehead atoms. The van der Waals surface area contributed by atoms with E-state index in [1.165, 1.54) is 0 Å². The van der Waals surface area contributed by atoms with E-state index in [1.807, 2.05) is 6.92 Å². The Morgan fingerprint density at radius 1 is 1.79 bits per heavy atom. The number of hydrogen-bond acceptors (Lipinski definition) is 3. The molecular weight excluding hydrogens is 250 g/mol. The largest absolute Gasteiger partial charge is 0.480 e. The van der Waals surface area contributed by atoms with Crippen LogP contribution < -0.4 is 5.73 Å². The second-order valence-corrected chi connectivity index (χ2v) is 3.91. The van der Waals surface area contributed by atoms with Crippen LogP contribution >= 0.6 is 15.9 Å². The standard InChI is InChI=1S/C8H12BrN3O2/c1-4-7(9)6(12(2)11-4)3-5(10)8(13)14/h5H,3,10H2,1-2H3,(H,13,14). The maximum absolute atomic E-state index is 10.6. The monoisotopic (exact) mass is 261 g/mol. The molecule has 1 rings (SSSR count). The lowest BCUT2D eigenvalue weighted by molar-refractivity contribution is -0.138. The molecule has 0 saturated carbocycles. The summed E-state index contributed by atoms with van der Waals surface area (Å²) in [5, 5.41) is 12.8. The summed E-state index contributed by atoms with van der Waals surface area (Å²) in [5.41, 5.74) is 7.07. The third kappa shape index (κ3) is 2.13. The van der Waals surface area contributed by atoms with Crippen molar-refractivity contribution < 1.29 is 9.90 Å². The quantitative estimate of drug-likeness (QED) is 0.828. The molecule has 0 aliphatic carbocycles. The van der Waals surface area contributed by atoms with Gasteiger partial charge in [-0.3, -0.25) is 9.48 Å². The zero-order chi connectivity index (χ0) is 10.9. The minimum Gasteiger partial charge on any atom is -0.480 e. The predicted molar refractivity (Wildman–Crippen MR) is 55.0 cm³/mol. The average molecular weight is 262 g/mol. The molecular formula is C8H12BrN3O2. The van der Waals surface area contributed by atoms with Crippen LogP contribution in [-0.2, 0) is 18.3 Å². The van der Waals surface area contributed by atoms with Crippen molar-refractivity contribution >= 4 is 21.9 Å². The van der Waals surface area contributed by atoms with Gasteiger partial charge in [0.15, 0.2) is 0 Å². The Labute approximate surface area is 90.0 Å². The number of hydrogen-bond donors (Lipinski definition) is 2. The Bertz CT molecular complexity index is 362. The molecule has 0 spiro atoms. The number of aryl methyl sites for hydroxylation is 2. The number of rotatable bonds is 3. The van der Waals surface area contributed by atoms with Crippen LogP contribution in [0.2, 0.25) is 0 Å². The van der Waals surface area contributed by atoms with Gasteiger partial charge in [0.25, 0.3) is 0 Å². The van der Waals surface area contributed by atoms with Crippen molar-refractivity contribution in [2.24, 2.45) is 12.8 Å². The van der Waals surface area contributed by atoms with Gasteiger partial charge in [0.1, 0.15) is 6.04 Å². The number of carbonyl (C=O) groups is 1. The molecule has 1 unspecified atom stereocenters. The molecule has 14 heavy (non-hydrogen) atoms. The molecule has 3 N–H and O–H groups in total. The van der Waals surface area contributed by atoms with Crippen molar-refractivity contribution in [3.8, 4) is 0 Å². The highest BCUT2D eigenvalue weighted by atomic mass is 79.9. The van der Waals surface area contributed by atoms with Gasteiger partial charge >= 0.3 is 5.97 Å². The van der Waals surface area contributed by atoms with E-state index in [2.05, 4.69) is 21.0 Å². The molecule has 0 aliphatic heterocycles. The van der Waals surface area contributed by atoms with Crippen LogP contribution in [0.4, 0.5) is 0 Å². The summed E-state index contributed by atoms with van der Waals surface area (Å²) in [6.45, 7) is 1.85. The highest BCUT2D eigenvalue weighted by Crippen LogP contribution is 2.21. The number of aromatic nitrogens is 2. The number of carboxylic acids is 1. The molecule has 0 fully saturated rings. The highest BCUT2D eigenvalue weighted by Gasteiger charge is 2.18. The summed E-state index contributed by atoms with van der Waals surface area (Å²) in [6.07, 6.45) is 0.271. The zero-order valence-electron chi connectivity index (χ0n) is 7.99.